The second-order valence-electron chi connectivity index (χ2n) is 5.33. The van der Waals surface area contributed by atoms with Gasteiger partial charge >= 0.3 is 6.09 Å². The van der Waals surface area contributed by atoms with Crippen LogP contribution in [-0.2, 0) is 11.3 Å². The van der Waals surface area contributed by atoms with Gasteiger partial charge in [-0.1, -0.05) is 29.8 Å². The summed E-state index contributed by atoms with van der Waals surface area (Å²) in [5.74, 6) is 0.843. The maximum Gasteiger partial charge on any atom is 0.411 e. The van der Waals surface area contributed by atoms with Crippen LogP contribution >= 0.6 is 0 Å². The molecule has 1 N–H and O–H groups in total. The van der Waals surface area contributed by atoms with Crippen LogP contribution in [0.1, 0.15) is 22.3 Å². The molecule has 0 saturated heterocycles. The lowest BCUT2D eigenvalue weighted by atomic mass is 10.1. The minimum Gasteiger partial charge on any atom is -0.489 e. The average Bonchev–Trinajstić information content (AvgIpc) is 2.48. The van der Waals surface area contributed by atoms with Gasteiger partial charge in [0.25, 0.3) is 0 Å². The van der Waals surface area contributed by atoms with Gasteiger partial charge < -0.3 is 9.47 Å². The van der Waals surface area contributed by atoms with Crippen molar-refractivity contribution in [2.45, 2.75) is 27.4 Å². The Morgan fingerprint density at radius 3 is 2.41 bits per heavy atom. The molecule has 2 rings (SSSR count). The fourth-order valence-electron chi connectivity index (χ4n) is 2.21. The number of benzene rings is 2. The predicted molar refractivity (Wildman–Crippen MR) is 87.5 cm³/mol. The van der Waals surface area contributed by atoms with Crippen LogP contribution in [0.15, 0.2) is 36.4 Å². The standard InChI is InChI=1S/C18H21NO3/c1-12-6-8-17(14(3)9-12)22-11-15-7-5-13(2)10-16(15)19-18(20)21-4/h5-10H,11H2,1-4H3,(H,19,20). The molecule has 0 bridgehead atoms. The molecule has 0 aliphatic heterocycles. The zero-order valence-electron chi connectivity index (χ0n) is 13.4. The number of rotatable bonds is 4. The fraction of sp³-hybridized carbons (Fsp3) is 0.278. The number of anilines is 1. The zero-order valence-corrected chi connectivity index (χ0v) is 13.4. The molecule has 0 radical (unpaired) electrons. The number of methoxy groups -OCH3 is 1. The molecule has 0 unspecified atom stereocenters. The largest absolute Gasteiger partial charge is 0.489 e. The summed E-state index contributed by atoms with van der Waals surface area (Å²) in [5.41, 5.74) is 4.96. The number of aryl methyl sites for hydroxylation is 3. The van der Waals surface area contributed by atoms with Gasteiger partial charge in [-0.15, -0.1) is 0 Å². The van der Waals surface area contributed by atoms with Crippen molar-refractivity contribution >= 4 is 11.8 Å². The first-order valence-corrected chi connectivity index (χ1v) is 7.14. The minimum absolute atomic E-state index is 0.378. The maximum atomic E-state index is 11.4. The van der Waals surface area contributed by atoms with Crippen LogP contribution in [0.4, 0.5) is 10.5 Å². The van der Waals surface area contributed by atoms with Crippen molar-refractivity contribution in [2.24, 2.45) is 0 Å². The summed E-state index contributed by atoms with van der Waals surface area (Å²) >= 11 is 0. The first-order chi connectivity index (χ1) is 10.5. The van der Waals surface area contributed by atoms with Gasteiger partial charge in [-0.2, -0.15) is 0 Å². The van der Waals surface area contributed by atoms with Crippen LogP contribution in [-0.4, -0.2) is 13.2 Å². The maximum absolute atomic E-state index is 11.4. The molecule has 1 amide bonds. The fourth-order valence-corrected chi connectivity index (χ4v) is 2.21. The summed E-state index contributed by atoms with van der Waals surface area (Å²) in [6.45, 7) is 6.42. The van der Waals surface area contributed by atoms with E-state index in [1.165, 1.54) is 12.7 Å². The summed E-state index contributed by atoms with van der Waals surface area (Å²) in [7, 11) is 1.34. The van der Waals surface area contributed by atoms with Crippen LogP contribution in [0.3, 0.4) is 0 Å². The summed E-state index contributed by atoms with van der Waals surface area (Å²) < 4.78 is 10.5. The Labute approximate surface area is 131 Å². The highest BCUT2D eigenvalue weighted by Gasteiger charge is 2.09. The Hall–Kier alpha value is -2.49. The van der Waals surface area contributed by atoms with Crippen molar-refractivity contribution in [3.05, 3.63) is 58.7 Å². The van der Waals surface area contributed by atoms with Gasteiger partial charge in [0.05, 0.1) is 12.8 Å². The molecule has 0 atom stereocenters. The Bertz CT molecular complexity index is 680. The van der Waals surface area contributed by atoms with Gasteiger partial charge in [-0.25, -0.2) is 4.79 Å². The van der Waals surface area contributed by atoms with Crippen molar-refractivity contribution in [1.82, 2.24) is 0 Å². The molecule has 22 heavy (non-hydrogen) atoms. The van der Waals surface area contributed by atoms with Gasteiger partial charge in [-0.05, 0) is 44.0 Å². The lowest BCUT2D eigenvalue weighted by molar-refractivity contribution is 0.187. The molecule has 0 fully saturated rings. The van der Waals surface area contributed by atoms with Crippen LogP contribution in [0, 0.1) is 20.8 Å². The number of carbonyl (C=O) groups excluding carboxylic acids is 1. The van der Waals surface area contributed by atoms with Gasteiger partial charge in [0, 0.05) is 5.56 Å². The normalized spacial score (nSPS) is 10.2. The van der Waals surface area contributed by atoms with E-state index < -0.39 is 6.09 Å². The molecule has 0 spiro atoms. The second kappa shape index (κ2) is 6.98. The van der Waals surface area contributed by atoms with Crippen molar-refractivity contribution in [2.75, 3.05) is 12.4 Å². The first-order valence-electron chi connectivity index (χ1n) is 7.14. The number of hydrogen-bond acceptors (Lipinski definition) is 3. The Morgan fingerprint density at radius 2 is 1.73 bits per heavy atom. The molecule has 0 heterocycles. The second-order valence-corrected chi connectivity index (χ2v) is 5.33. The quantitative estimate of drug-likeness (QED) is 0.912. The van der Waals surface area contributed by atoms with E-state index in [0.29, 0.717) is 12.3 Å². The van der Waals surface area contributed by atoms with E-state index in [2.05, 4.69) is 23.0 Å². The minimum atomic E-state index is -0.488. The zero-order chi connectivity index (χ0) is 16.1. The Balaban J connectivity index is 2.16. The molecule has 2 aromatic rings. The van der Waals surface area contributed by atoms with Gasteiger partial charge in [-0.3, -0.25) is 5.32 Å². The third kappa shape index (κ3) is 4.01. The van der Waals surface area contributed by atoms with Crippen molar-refractivity contribution in [3.8, 4) is 5.75 Å². The molecular weight excluding hydrogens is 278 g/mol. The van der Waals surface area contributed by atoms with Gasteiger partial charge in [0.2, 0.25) is 0 Å². The predicted octanol–water partition coefficient (Wildman–Crippen LogP) is 4.37. The van der Waals surface area contributed by atoms with E-state index in [4.69, 9.17) is 4.74 Å². The summed E-state index contributed by atoms with van der Waals surface area (Å²) in [6.07, 6.45) is -0.488. The molecule has 116 valence electrons. The number of carbonyl (C=O) groups is 1. The third-order valence-electron chi connectivity index (χ3n) is 3.40. The molecule has 0 saturated carbocycles. The summed E-state index contributed by atoms with van der Waals surface area (Å²) in [6, 6.07) is 11.9. The Morgan fingerprint density at radius 1 is 1.05 bits per heavy atom. The monoisotopic (exact) mass is 299 g/mol. The van der Waals surface area contributed by atoms with E-state index >= 15 is 0 Å². The lowest BCUT2D eigenvalue weighted by Gasteiger charge is -2.14. The van der Waals surface area contributed by atoms with Gasteiger partial charge in [0.15, 0.2) is 0 Å². The molecule has 0 aromatic heterocycles. The van der Waals surface area contributed by atoms with Crippen LogP contribution < -0.4 is 10.1 Å². The SMILES string of the molecule is COC(=O)Nc1cc(C)ccc1COc1ccc(C)cc1C. The van der Waals surface area contributed by atoms with Crippen molar-refractivity contribution in [1.29, 1.82) is 0 Å². The number of nitrogens with one attached hydrogen (secondary N) is 1. The molecule has 2 aromatic carbocycles. The van der Waals surface area contributed by atoms with E-state index in [9.17, 15) is 4.79 Å². The van der Waals surface area contributed by atoms with E-state index in [1.54, 1.807) is 0 Å². The van der Waals surface area contributed by atoms with E-state index in [-0.39, 0.29) is 0 Å². The highest BCUT2D eigenvalue weighted by molar-refractivity contribution is 5.85. The van der Waals surface area contributed by atoms with E-state index in [1.807, 2.05) is 44.2 Å². The average molecular weight is 299 g/mol. The molecule has 4 heteroatoms. The third-order valence-corrected chi connectivity index (χ3v) is 3.40. The Kier molecular flexibility index (Phi) is 5.04. The molecular formula is C18H21NO3. The number of hydrogen-bond donors (Lipinski definition) is 1. The molecule has 4 nitrogen and oxygen atoms in total. The summed E-state index contributed by atoms with van der Waals surface area (Å²) in [5, 5.41) is 2.72. The van der Waals surface area contributed by atoms with Crippen LogP contribution in [0.5, 0.6) is 5.75 Å². The van der Waals surface area contributed by atoms with E-state index in [0.717, 1.165) is 22.4 Å². The first kappa shape index (κ1) is 15.9. The van der Waals surface area contributed by atoms with Crippen LogP contribution in [0.2, 0.25) is 0 Å². The van der Waals surface area contributed by atoms with Crippen molar-refractivity contribution < 1.29 is 14.3 Å². The van der Waals surface area contributed by atoms with Crippen LogP contribution in [0.25, 0.3) is 0 Å². The smallest absolute Gasteiger partial charge is 0.411 e. The highest BCUT2D eigenvalue weighted by atomic mass is 16.5. The number of ether oxygens (including phenoxy) is 2. The van der Waals surface area contributed by atoms with Crippen molar-refractivity contribution in [3.63, 3.8) is 0 Å². The lowest BCUT2D eigenvalue weighted by Crippen LogP contribution is -2.13. The topological polar surface area (TPSA) is 47.6 Å². The highest BCUT2D eigenvalue weighted by Crippen LogP contribution is 2.23. The van der Waals surface area contributed by atoms with Gasteiger partial charge in [0.1, 0.15) is 12.4 Å². The number of amides is 1. The molecule has 0 aliphatic rings. The molecule has 0 aliphatic carbocycles. The summed E-state index contributed by atoms with van der Waals surface area (Å²) in [4.78, 5) is 11.4.